The Kier molecular flexibility index (Phi) is 6.83. The third-order valence-corrected chi connectivity index (χ3v) is 3.29. The van der Waals surface area contributed by atoms with E-state index in [1.807, 2.05) is 0 Å². The minimum atomic E-state index is -0.557. The number of nitro groups is 2. The summed E-state index contributed by atoms with van der Waals surface area (Å²) in [6.45, 7) is 0. The molecule has 0 saturated heterocycles. The normalized spacial score (nSPS) is 9.64. The van der Waals surface area contributed by atoms with E-state index in [-0.39, 0.29) is 21.4 Å². The van der Waals surface area contributed by atoms with Crippen LogP contribution in [0.5, 0.6) is 0 Å². The van der Waals surface area contributed by atoms with E-state index < -0.39 is 9.85 Å². The molecule has 0 bridgehead atoms. The van der Waals surface area contributed by atoms with Gasteiger partial charge in [0, 0.05) is 22.2 Å². The highest BCUT2D eigenvalue weighted by Crippen LogP contribution is 2.27. The van der Waals surface area contributed by atoms with Gasteiger partial charge in [-0.25, -0.2) is 0 Å². The molecule has 0 fully saturated rings. The van der Waals surface area contributed by atoms with Crippen LogP contribution in [0.25, 0.3) is 0 Å². The molecular weight excluding hydrogens is 378 g/mol. The summed E-state index contributed by atoms with van der Waals surface area (Å²) in [6.07, 6.45) is 0. The molecular formula is C12H6Cl4N2O4. The average Bonchev–Trinajstić information content (AvgIpc) is 2.38. The zero-order chi connectivity index (χ0) is 16.9. The summed E-state index contributed by atoms with van der Waals surface area (Å²) in [7, 11) is 0. The van der Waals surface area contributed by atoms with Crippen LogP contribution in [0.15, 0.2) is 36.4 Å². The minimum absolute atomic E-state index is 0.0579. The van der Waals surface area contributed by atoms with Crippen LogP contribution in [0.2, 0.25) is 20.1 Å². The van der Waals surface area contributed by atoms with Gasteiger partial charge < -0.3 is 0 Å². The Morgan fingerprint density at radius 2 is 1.00 bits per heavy atom. The maximum Gasteiger partial charge on any atom is 0.287 e. The largest absolute Gasteiger partial charge is 0.287 e. The predicted molar refractivity (Wildman–Crippen MR) is 86.2 cm³/mol. The van der Waals surface area contributed by atoms with Crippen molar-refractivity contribution in [2.45, 2.75) is 0 Å². The van der Waals surface area contributed by atoms with Gasteiger partial charge in [0.1, 0.15) is 10.0 Å². The molecule has 10 heteroatoms. The third-order valence-electron chi connectivity index (χ3n) is 2.21. The lowest BCUT2D eigenvalue weighted by molar-refractivity contribution is -0.384. The molecule has 0 saturated carbocycles. The van der Waals surface area contributed by atoms with Gasteiger partial charge in [-0.2, -0.15) is 0 Å². The van der Waals surface area contributed by atoms with E-state index in [0.717, 1.165) is 0 Å². The van der Waals surface area contributed by atoms with E-state index in [2.05, 4.69) is 0 Å². The van der Waals surface area contributed by atoms with Crippen molar-refractivity contribution in [2.75, 3.05) is 0 Å². The van der Waals surface area contributed by atoms with Crippen LogP contribution in [-0.4, -0.2) is 9.85 Å². The average molecular weight is 384 g/mol. The van der Waals surface area contributed by atoms with Gasteiger partial charge in [-0.15, -0.1) is 0 Å². The molecule has 0 radical (unpaired) electrons. The lowest BCUT2D eigenvalue weighted by Crippen LogP contribution is -1.87. The summed E-state index contributed by atoms with van der Waals surface area (Å²) < 4.78 is 0. The van der Waals surface area contributed by atoms with Crippen LogP contribution in [0.3, 0.4) is 0 Å². The van der Waals surface area contributed by atoms with Crippen LogP contribution in [0.1, 0.15) is 0 Å². The molecule has 2 aromatic rings. The summed E-state index contributed by atoms with van der Waals surface area (Å²) in [5.41, 5.74) is -0.257. The Hall–Kier alpha value is -1.60. The van der Waals surface area contributed by atoms with Gasteiger partial charge >= 0.3 is 0 Å². The summed E-state index contributed by atoms with van der Waals surface area (Å²) in [5.74, 6) is 0. The first-order valence-corrected chi connectivity index (χ1v) is 6.92. The number of hydrogen-bond acceptors (Lipinski definition) is 4. The van der Waals surface area contributed by atoms with Crippen molar-refractivity contribution in [3.8, 4) is 0 Å². The molecule has 116 valence electrons. The van der Waals surface area contributed by atoms with Crippen molar-refractivity contribution in [1.29, 1.82) is 0 Å². The summed E-state index contributed by atoms with van der Waals surface area (Å²) in [6, 6.07) is 8.05. The van der Waals surface area contributed by atoms with Crippen LogP contribution < -0.4 is 0 Å². The molecule has 0 unspecified atom stereocenters. The second kappa shape index (κ2) is 8.14. The maximum absolute atomic E-state index is 10.2. The summed E-state index contributed by atoms with van der Waals surface area (Å²) in [5, 5.41) is 21.3. The van der Waals surface area contributed by atoms with E-state index in [9.17, 15) is 20.2 Å². The Morgan fingerprint density at radius 1 is 0.682 bits per heavy atom. The summed E-state index contributed by atoms with van der Waals surface area (Å²) in [4.78, 5) is 19.3. The Balaban J connectivity index is 0.000000220. The monoisotopic (exact) mass is 382 g/mol. The molecule has 6 nitrogen and oxygen atoms in total. The fourth-order valence-electron chi connectivity index (χ4n) is 1.26. The van der Waals surface area contributed by atoms with Crippen molar-refractivity contribution in [3.05, 3.63) is 76.7 Å². The second-order valence-corrected chi connectivity index (χ2v) is 5.39. The number of nitrogens with zero attached hydrogens (tertiary/aromatic N) is 2. The molecule has 2 aromatic carbocycles. The minimum Gasteiger partial charge on any atom is -0.258 e. The summed E-state index contributed by atoms with van der Waals surface area (Å²) >= 11 is 22.0. The zero-order valence-electron chi connectivity index (χ0n) is 10.5. The third kappa shape index (κ3) is 5.31. The van der Waals surface area contributed by atoms with Gasteiger partial charge in [-0.1, -0.05) is 46.4 Å². The molecule has 22 heavy (non-hydrogen) atoms. The highest BCUT2D eigenvalue weighted by atomic mass is 35.5. The second-order valence-electron chi connectivity index (χ2n) is 3.71. The fourth-order valence-corrected chi connectivity index (χ4v) is 2.21. The standard InChI is InChI=1S/2C6H3Cl2NO2/c2*7-4-1-2-6(9(10)11)5(8)3-4/h2*1-3H. The number of rotatable bonds is 2. The first-order valence-electron chi connectivity index (χ1n) is 5.41. The Morgan fingerprint density at radius 3 is 1.23 bits per heavy atom. The molecule has 0 aliphatic heterocycles. The molecule has 0 amide bonds. The smallest absolute Gasteiger partial charge is 0.258 e. The Bertz CT molecular complexity index is 663. The van der Waals surface area contributed by atoms with Crippen LogP contribution in [-0.2, 0) is 0 Å². The first kappa shape index (κ1) is 18.4. The van der Waals surface area contributed by atoms with Gasteiger partial charge in [-0.05, 0) is 24.3 Å². The number of hydrogen-bond donors (Lipinski definition) is 0. The predicted octanol–water partition coefficient (Wildman–Crippen LogP) is 5.80. The highest BCUT2D eigenvalue weighted by Gasteiger charge is 2.11. The fraction of sp³-hybridized carbons (Fsp3) is 0. The van der Waals surface area contributed by atoms with Crippen molar-refractivity contribution in [1.82, 2.24) is 0 Å². The Labute approximate surface area is 144 Å². The zero-order valence-corrected chi connectivity index (χ0v) is 13.5. The molecule has 0 N–H and O–H groups in total. The molecule has 2 rings (SSSR count). The van der Waals surface area contributed by atoms with E-state index in [1.54, 1.807) is 0 Å². The lowest BCUT2D eigenvalue weighted by atomic mass is 10.3. The first-order chi connectivity index (χ1) is 10.2. The molecule has 0 aromatic heterocycles. The van der Waals surface area contributed by atoms with E-state index in [4.69, 9.17) is 46.4 Å². The SMILES string of the molecule is O=[N+]([O-])c1ccc(Cl)cc1Cl.O=[N+]([O-])c1ccc(Cl)cc1Cl. The van der Waals surface area contributed by atoms with Gasteiger partial charge in [-0.3, -0.25) is 20.2 Å². The van der Waals surface area contributed by atoms with Crippen molar-refractivity contribution in [2.24, 2.45) is 0 Å². The van der Waals surface area contributed by atoms with Crippen LogP contribution in [0, 0.1) is 20.2 Å². The quantitative estimate of drug-likeness (QED) is 0.484. The lowest BCUT2D eigenvalue weighted by Gasteiger charge is -1.93. The van der Waals surface area contributed by atoms with Crippen molar-refractivity contribution < 1.29 is 9.85 Å². The van der Waals surface area contributed by atoms with Crippen LogP contribution in [0.4, 0.5) is 11.4 Å². The number of benzene rings is 2. The van der Waals surface area contributed by atoms with Gasteiger partial charge in [0.05, 0.1) is 9.85 Å². The topological polar surface area (TPSA) is 86.3 Å². The van der Waals surface area contributed by atoms with Crippen molar-refractivity contribution >= 4 is 57.8 Å². The van der Waals surface area contributed by atoms with Gasteiger partial charge in [0.15, 0.2) is 0 Å². The van der Waals surface area contributed by atoms with Gasteiger partial charge in [0.2, 0.25) is 0 Å². The highest BCUT2D eigenvalue weighted by molar-refractivity contribution is 6.36. The van der Waals surface area contributed by atoms with E-state index >= 15 is 0 Å². The van der Waals surface area contributed by atoms with E-state index in [0.29, 0.717) is 10.0 Å². The molecule has 0 heterocycles. The van der Waals surface area contributed by atoms with Crippen molar-refractivity contribution in [3.63, 3.8) is 0 Å². The molecule has 0 atom stereocenters. The molecule has 0 aliphatic carbocycles. The number of halogens is 4. The van der Waals surface area contributed by atoms with Crippen LogP contribution >= 0.6 is 46.4 Å². The molecule has 0 aliphatic rings. The number of nitro benzene ring substituents is 2. The van der Waals surface area contributed by atoms with E-state index in [1.165, 1.54) is 36.4 Å². The molecule has 0 spiro atoms. The van der Waals surface area contributed by atoms with Gasteiger partial charge in [0.25, 0.3) is 11.4 Å². The maximum atomic E-state index is 10.2.